The summed E-state index contributed by atoms with van der Waals surface area (Å²) in [6.45, 7) is 12.3. The second-order valence-electron chi connectivity index (χ2n) is 12.6. The number of hydrogen-bond donors (Lipinski definition) is 0. The van der Waals surface area contributed by atoms with Gasteiger partial charge in [0.2, 0.25) is 5.91 Å². The molecule has 238 valence electrons. The highest BCUT2D eigenvalue weighted by molar-refractivity contribution is 6.33. The summed E-state index contributed by atoms with van der Waals surface area (Å²) in [5.41, 5.74) is 1.85. The van der Waals surface area contributed by atoms with Crippen molar-refractivity contribution in [1.29, 1.82) is 0 Å². The summed E-state index contributed by atoms with van der Waals surface area (Å²) in [5.74, 6) is 0.149. The molecule has 4 aliphatic rings. The van der Waals surface area contributed by atoms with Gasteiger partial charge < -0.3 is 19.1 Å². The van der Waals surface area contributed by atoms with Crippen LogP contribution in [0.25, 0.3) is 11.3 Å². The van der Waals surface area contributed by atoms with Gasteiger partial charge in [0, 0.05) is 52.2 Å². The van der Waals surface area contributed by atoms with E-state index in [2.05, 4.69) is 30.0 Å². The van der Waals surface area contributed by atoms with Crippen molar-refractivity contribution in [3.05, 3.63) is 52.0 Å². The maximum absolute atomic E-state index is 14.9. The lowest BCUT2D eigenvalue weighted by molar-refractivity contribution is -0.146. The SMILES string of the molecule is CCOC(=O)CCC(=O)N1CCN(CCN(CC2=CCC3CC2C3(C)C)C(=O)c2c(-c3c(F)cccc3Cl)noc2C)CC1. The highest BCUT2D eigenvalue weighted by Gasteiger charge is 2.51. The van der Waals surface area contributed by atoms with Crippen molar-refractivity contribution in [3.8, 4) is 11.3 Å². The van der Waals surface area contributed by atoms with Gasteiger partial charge in [0.15, 0.2) is 0 Å². The topological polar surface area (TPSA) is 96.2 Å². The molecule has 1 saturated carbocycles. The largest absolute Gasteiger partial charge is 0.466 e. The van der Waals surface area contributed by atoms with Gasteiger partial charge in [-0.25, -0.2) is 4.39 Å². The molecule has 2 heterocycles. The minimum Gasteiger partial charge on any atom is -0.466 e. The van der Waals surface area contributed by atoms with Crippen LogP contribution in [-0.4, -0.2) is 90.1 Å². The number of benzene rings is 1. The number of nitrogens with zero attached hydrogens (tertiary/aromatic N) is 4. The van der Waals surface area contributed by atoms with E-state index >= 15 is 0 Å². The van der Waals surface area contributed by atoms with Crippen LogP contribution >= 0.6 is 11.6 Å². The Labute approximate surface area is 263 Å². The van der Waals surface area contributed by atoms with Crippen molar-refractivity contribution >= 4 is 29.4 Å². The second kappa shape index (κ2) is 13.4. The summed E-state index contributed by atoms with van der Waals surface area (Å²) in [6.07, 6.45) is 4.66. The number of halogens is 2. The molecule has 2 amide bonds. The van der Waals surface area contributed by atoms with E-state index in [4.69, 9.17) is 20.9 Å². The van der Waals surface area contributed by atoms with Crippen LogP contribution in [-0.2, 0) is 14.3 Å². The van der Waals surface area contributed by atoms with Gasteiger partial charge in [-0.3, -0.25) is 19.3 Å². The third-order valence-corrected chi connectivity index (χ3v) is 10.1. The van der Waals surface area contributed by atoms with Gasteiger partial charge in [-0.05, 0) is 56.1 Å². The van der Waals surface area contributed by atoms with Gasteiger partial charge in [0.25, 0.3) is 5.91 Å². The van der Waals surface area contributed by atoms with E-state index in [0.29, 0.717) is 70.0 Å². The molecule has 1 aliphatic heterocycles. The zero-order valence-electron chi connectivity index (χ0n) is 26.0. The van der Waals surface area contributed by atoms with E-state index < -0.39 is 5.82 Å². The molecule has 3 aliphatic carbocycles. The summed E-state index contributed by atoms with van der Waals surface area (Å²) in [7, 11) is 0. The van der Waals surface area contributed by atoms with Crippen molar-refractivity contribution in [2.75, 3.05) is 52.4 Å². The Bertz CT molecular complexity index is 1410. The molecule has 6 rings (SSSR count). The molecule has 2 aromatic rings. The molecule has 44 heavy (non-hydrogen) atoms. The molecule has 1 aromatic heterocycles. The number of amides is 2. The Hall–Kier alpha value is -3.24. The molecule has 1 aromatic carbocycles. The van der Waals surface area contributed by atoms with Crippen LogP contribution in [0.15, 0.2) is 34.4 Å². The van der Waals surface area contributed by atoms with E-state index in [9.17, 15) is 18.8 Å². The summed E-state index contributed by atoms with van der Waals surface area (Å²) < 4.78 is 25.3. The highest BCUT2D eigenvalue weighted by Crippen LogP contribution is 2.59. The van der Waals surface area contributed by atoms with Gasteiger partial charge in [0.05, 0.1) is 23.6 Å². The lowest BCUT2D eigenvalue weighted by atomic mass is 9.49. The van der Waals surface area contributed by atoms with Crippen LogP contribution in [0.5, 0.6) is 0 Å². The Kier molecular flexibility index (Phi) is 9.80. The summed E-state index contributed by atoms with van der Waals surface area (Å²) in [5, 5.41) is 4.23. The number of aromatic nitrogens is 1. The number of ether oxygens (including phenoxy) is 1. The first-order valence-corrected chi connectivity index (χ1v) is 15.9. The van der Waals surface area contributed by atoms with Crippen molar-refractivity contribution in [3.63, 3.8) is 0 Å². The van der Waals surface area contributed by atoms with Crippen LogP contribution in [0.1, 0.15) is 62.6 Å². The number of carbonyl (C=O) groups excluding carboxylic acids is 3. The lowest BCUT2D eigenvalue weighted by Crippen LogP contribution is -2.52. The van der Waals surface area contributed by atoms with Gasteiger partial charge >= 0.3 is 5.97 Å². The monoisotopic (exact) mass is 628 g/mol. The smallest absolute Gasteiger partial charge is 0.306 e. The molecule has 2 atom stereocenters. The standard InChI is InChI=1S/C33H42ClFN4O5/c1-5-43-28(41)12-11-27(40)38-16-13-37(14-17-38)15-18-39(20-22-9-10-23-19-24(22)33(23,3)4)32(42)29-21(2)44-36-31(29)30-25(34)7-6-8-26(30)35/h6-9,23-24H,5,10-20H2,1-4H3. The molecule has 2 bridgehead atoms. The van der Waals surface area contributed by atoms with Crippen LogP contribution in [0.4, 0.5) is 4.39 Å². The molecule has 0 radical (unpaired) electrons. The molecule has 2 unspecified atom stereocenters. The third-order valence-electron chi connectivity index (χ3n) is 9.78. The highest BCUT2D eigenvalue weighted by atomic mass is 35.5. The Morgan fingerprint density at radius 1 is 1.18 bits per heavy atom. The Balaban J connectivity index is 1.30. The minimum atomic E-state index is -0.571. The average Bonchev–Trinajstić information content (AvgIpc) is 3.38. The number of allylic oxidation sites excluding steroid dienone is 1. The molecule has 1 saturated heterocycles. The van der Waals surface area contributed by atoms with Crippen LogP contribution in [0, 0.1) is 30.0 Å². The predicted octanol–water partition coefficient (Wildman–Crippen LogP) is 5.36. The van der Waals surface area contributed by atoms with E-state index in [-0.39, 0.29) is 57.9 Å². The van der Waals surface area contributed by atoms with Crippen molar-refractivity contribution in [1.82, 2.24) is 19.9 Å². The van der Waals surface area contributed by atoms with Gasteiger partial charge in [0.1, 0.15) is 22.8 Å². The number of piperazine rings is 1. The summed E-state index contributed by atoms with van der Waals surface area (Å²) in [4.78, 5) is 44.4. The number of hydrogen-bond acceptors (Lipinski definition) is 7. The molecule has 11 heteroatoms. The quantitative estimate of drug-likeness (QED) is 0.244. The number of aryl methyl sites for hydroxylation is 1. The first-order valence-electron chi connectivity index (χ1n) is 15.6. The maximum atomic E-state index is 14.9. The van der Waals surface area contributed by atoms with Crippen LogP contribution < -0.4 is 0 Å². The molecule has 9 nitrogen and oxygen atoms in total. The van der Waals surface area contributed by atoms with Gasteiger partial charge in [-0.1, -0.05) is 48.3 Å². The van der Waals surface area contributed by atoms with Crippen LogP contribution in [0.2, 0.25) is 5.02 Å². The zero-order valence-corrected chi connectivity index (χ0v) is 26.8. The van der Waals surface area contributed by atoms with Crippen molar-refractivity contribution in [2.24, 2.45) is 17.3 Å². The first-order chi connectivity index (χ1) is 21.0. The fourth-order valence-corrected chi connectivity index (χ4v) is 7.14. The molecule has 0 spiro atoms. The average molecular weight is 629 g/mol. The first kappa shape index (κ1) is 32.2. The van der Waals surface area contributed by atoms with Crippen LogP contribution in [0.3, 0.4) is 0 Å². The van der Waals surface area contributed by atoms with E-state index in [0.717, 1.165) is 12.8 Å². The number of fused-ring (bicyclic) bond motifs is 1. The third kappa shape index (κ3) is 6.56. The van der Waals surface area contributed by atoms with E-state index in [1.54, 1.807) is 24.8 Å². The second-order valence-corrected chi connectivity index (χ2v) is 13.0. The Morgan fingerprint density at radius 2 is 1.93 bits per heavy atom. The van der Waals surface area contributed by atoms with Gasteiger partial charge in [-0.2, -0.15) is 0 Å². The Morgan fingerprint density at radius 3 is 2.59 bits per heavy atom. The summed E-state index contributed by atoms with van der Waals surface area (Å²) >= 11 is 6.37. The number of rotatable bonds is 11. The van der Waals surface area contributed by atoms with Crippen molar-refractivity contribution < 1.29 is 28.0 Å². The minimum absolute atomic E-state index is 0.0533. The van der Waals surface area contributed by atoms with Gasteiger partial charge in [-0.15, -0.1) is 0 Å². The molecule has 0 N–H and O–H groups in total. The maximum Gasteiger partial charge on any atom is 0.306 e. The number of esters is 1. The molecular formula is C33H42ClFN4O5. The lowest BCUT2D eigenvalue weighted by Gasteiger charge is -2.57. The predicted molar refractivity (Wildman–Crippen MR) is 165 cm³/mol. The van der Waals surface area contributed by atoms with Crippen molar-refractivity contribution in [2.45, 2.75) is 53.4 Å². The number of carbonyl (C=O) groups is 3. The molecular weight excluding hydrogens is 587 g/mol. The molecule has 2 fully saturated rings. The zero-order chi connectivity index (χ0) is 31.6. The fraction of sp³-hybridized carbons (Fsp3) is 0.576. The summed E-state index contributed by atoms with van der Waals surface area (Å²) in [6, 6.07) is 4.37. The fourth-order valence-electron chi connectivity index (χ4n) is 6.89. The normalized spacial score (nSPS) is 21.0. The van der Waals surface area contributed by atoms with E-state index in [1.165, 1.54) is 17.7 Å². The van der Waals surface area contributed by atoms with E-state index in [1.807, 2.05) is 4.90 Å².